The number of alkyl carbamates (subject to hydrolysis) is 1. The number of esters is 1. The lowest BCUT2D eigenvalue weighted by Crippen LogP contribution is -2.46. The Labute approximate surface area is 243 Å². The summed E-state index contributed by atoms with van der Waals surface area (Å²) >= 11 is 0. The van der Waals surface area contributed by atoms with Gasteiger partial charge in [-0.15, -0.1) is 0 Å². The monoisotopic (exact) mass is 621 g/mol. The summed E-state index contributed by atoms with van der Waals surface area (Å²) in [7, 11) is -6.92. The summed E-state index contributed by atoms with van der Waals surface area (Å²) in [6, 6.07) is 6.53. The minimum Gasteiger partial charge on any atom is -0.457 e. The lowest BCUT2D eigenvalue weighted by Gasteiger charge is -2.28. The SMILES string of the molecule is C=C(OS(=O)(=O)c1ccc(C)cc1)C(=O)OCCOCCOCCOC(=O)NCCC[Si](OCC)(OCC)OCC. The average molecular weight is 622 g/mol. The van der Waals surface area contributed by atoms with Crippen molar-refractivity contribution < 1.29 is 54.4 Å². The fraction of sp³-hybridized carbons (Fsp3) is 0.615. The van der Waals surface area contributed by atoms with Crippen molar-refractivity contribution in [2.75, 3.05) is 66.0 Å². The van der Waals surface area contributed by atoms with E-state index in [0.29, 0.717) is 38.8 Å². The van der Waals surface area contributed by atoms with Crippen molar-refractivity contribution in [2.24, 2.45) is 0 Å². The van der Waals surface area contributed by atoms with E-state index in [0.717, 1.165) is 5.56 Å². The van der Waals surface area contributed by atoms with Gasteiger partial charge in [0.05, 0.1) is 26.4 Å². The van der Waals surface area contributed by atoms with Crippen LogP contribution in [0.1, 0.15) is 32.8 Å². The number of nitrogens with one attached hydrogen (secondary N) is 1. The van der Waals surface area contributed by atoms with E-state index in [9.17, 15) is 18.0 Å². The summed E-state index contributed by atoms with van der Waals surface area (Å²) in [5, 5.41) is 2.67. The first-order valence-corrected chi connectivity index (χ1v) is 16.8. The molecular formula is C26H43NO12SSi. The maximum atomic E-state index is 12.2. The molecule has 0 bridgehead atoms. The summed E-state index contributed by atoms with van der Waals surface area (Å²) < 4.78 is 67.0. The van der Waals surface area contributed by atoms with Crippen molar-refractivity contribution in [2.45, 2.75) is 45.1 Å². The first-order valence-electron chi connectivity index (χ1n) is 13.4. The largest absolute Gasteiger partial charge is 0.500 e. The second-order valence-electron chi connectivity index (χ2n) is 8.28. The second kappa shape index (κ2) is 20.4. The molecule has 0 aliphatic heterocycles. The Morgan fingerprint density at radius 1 is 0.829 bits per heavy atom. The fourth-order valence-electron chi connectivity index (χ4n) is 3.26. The normalized spacial score (nSPS) is 11.6. The minimum atomic E-state index is -4.19. The molecule has 1 aromatic rings. The van der Waals surface area contributed by atoms with Crippen molar-refractivity contribution in [3.05, 3.63) is 42.2 Å². The Bertz CT molecular complexity index is 1000. The number of carbonyl (C=O) groups excluding carboxylic acids is 2. The van der Waals surface area contributed by atoms with Crippen LogP contribution in [0.15, 0.2) is 41.5 Å². The van der Waals surface area contributed by atoms with E-state index < -0.39 is 36.7 Å². The lowest BCUT2D eigenvalue weighted by molar-refractivity contribution is -0.143. The van der Waals surface area contributed by atoms with Gasteiger partial charge in [0.25, 0.3) is 0 Å². The zero-order valence-electron chi connectivity index (χ0n) is 24.3. The van der Waals surface area contributed by atoms with E-state index in [2.05, 4.69) is 11.9 Å². The Morgan fingerprint density at radius 2 is 1.34 bits per heavy atom. The van der Waals surface area contributed by atoms with Gasteiger partial charge in [-0.2, -0.15) is 8.42 Å². The quantitative estimate of drug-likeness (QED) is 0.0477. The maximum Gasteiger partial charge on any atom is 0.500 e. The molecule has 0 radical (unpaired) electrons. The molecule has 1 rings (SSSR count). The molecule has 15 heteroatoms. The first-order chi connectivity index (χ1) is 19.6. The van der Waals surface area contributed by atoms with Crippen LogP contribution in [0.25, 0.3) is 0 Å². The van der Waals surface area contributed by atoms with Gasteiger partial charge in [-0.1, -0.05) is 17.7 Å². The summed E-state index contributed by atoms with van der Waals surface area (Å²) in [6.07, 6.45) is 0.0680. The van der Waals surface area contributed by atoms with Gasteiger partial charge in [-0.05, 0) is 52.8 Å². The molecular weight excluding hydrogens is 578 g/mol. The summed E-state index contributed by atoms with van der Waals surface area (Å²) in [5.41, 5.74) is 0.874. The number of ether oxygens (including phenoxy) is 4. The Morgan fingerprint density at radius 3 is 1.88 bits per heavy atom. The van der Waals surface area contributed by atoms with Gasteiger partial charge in [0, 0.05) is 32.4 Å². The zero-order chi connectivity index (χ0) is 30.6. The van der Waals surface area contributed by atoms with Crippen molar-refractivity contribution in [3.8, 4) is 0 Å². The highest BCUT2D eigenvalue weighted by Crippen LogP contribution is 2.18. The zero-order valence-corrected chi connectivity index (χ0v) is 26.1. The molecule has 13 nitrogen and oxygen atoms in total. The highest BCUT2D eigenvalue weighted by Gasteiger charge is 2.39. The molecule has 0 aromatic heterocycles. The van der Waals surface area contributed by atoms with E-state index in [-0.39, 0.29) is 44.5 Å². The predicted molar refractivity (Wildman–Crippen MR) is 151 cm³/mol. The molecule has 0 aliphatic rings. The van der Waals surface area contributed by atoms with Crippen LogP contribution in [-0.4, -0.2) is 95.3 Å². The topological polar surface area (TPSA) is 154 Å². The van der Waals surface area contributed by atoms with Crippen LogP contribution in [0.4, 0.5) is 4.79 Å². The third kappa shape index (κ3) is 15.3. The highest BCUT2D eigenvalue weighted by atomic mass is 32.2. The second-order valence-corrected chi connectivity index (χ2v) is 12.6. The minimum absolute atomic E-state index is 0.0476. The molecule has 41 heavy (non-hydrogen) atoms. The number of hydrogen-bond donors (Lipinski definition) is 1. The Balaban J connectivity index is 2.08. The fourth-order valence-corrected chi connectivity index (χ4v) is 6.77. The molecule has 1 aromatic carbocycles. The third-order valence-electron chi connectivity index (χ3n) is 5.06. The number of rotatable bonds is 23. The molecule has 0 saturated carbocycles. The average Bonchev–Trinajstić information content (AvgIpc) is 2.92. The Hall–Kier alpha value is -2.53. The van der Waals surface area contributed by atoms with Gasteiger partial charge in [0.2, 0.25) is 5.76 Å². The molecule has 0 aliphatic carbocycles. The van der Waals surface area contributed by atoms with E-state index in [1.54, 1.807) is 12.1 Å². The van der Waals surface area contributed by atoms with Gasteiger partial charge < -0.3 is 41.7 Å². The molecule has 0 unspecified atom stereocenters. The molecule has 1 N–H and O–H groups in total. The molecule has 0 atom stereocenters. The standard InChI is InChI=1S/C26H43NO12SSi/c1-6-36-41(37-7-2,38-8-3)21-9-14-27-26(29)35-20-18-33-16-15-32-17-19-34-25(28)23(5)39-40(30,31)24-12-10-22(4)11-13-24/h10-13H,5-9,14-21H2,1-4H3,(H,27,29). The first kappa shape index (κ1) is 36.5. The lowest BCUT2D eigenvalue weighted by atomic mass is 10.2. The van der Waals surface area contributed by atoms with Gasteiger partial charge in [0.1, 0.15) is 18.1 Å². The third-order valence-corrected chi connectivity index (χ3v) is 9.48. The molecule has 0 saturated heterocycles. The smallest absolute Gasteiger partial charge is 0.457 e. The van der Waals surface area contributed by atoms with Crippen LogP contribution < -0.4 is 5.32 Å². The van der Waals surface area contributed by atoms with E-state index in [4.69, 9.17) is 36.4 Å². The van der Waals surface area contributed by atoms with Gasteiger partial charge in [-0.3, -0.25) is 0 Å². The van der Waals surface area contributed by atoms with Crippen molar-refractivity contribution in [1.82, 2.24) is 5.32 Å². The van der Waals surface area contributed by atoms with Crippen molar-refractivity contribution in [1.29, 1.82) is 0 Å². The van der Waals surface area contributed by atoms with Crippen LogP contribution in [0, 0.1) is 6.92 Å². The maximum absolute atomic E-state index is 12.2. The molecule has 0 fully saturated rings. The summed E-state index contributed by atoms with van der Waals surface area (Å²) in [4.78, 5) is 23.6. The highest BCUT2D eigenvalue weighted by molar-refractivity contribution is 7.86. The number of hydrogen-bond acceptors (Lipinski definition) is 12. The number of amides is 1. The number of carbonyl (C=O) groups is 2. The number of aryl methyl sites for hydroxylation is 1. The van der Waals surface area contributed by atoms with Crippen molar-refractivity contribution in [3.63, 3.8) is 0 Å². The van der Waals surface area contributed by atoms with Crippen LogP contribution in [0.3, 0.4) is 0 Å². The Kier molecular flexibility index (Phi) is 18.1. The summed E-state index contributed by atoms with van der Waals surface area (Å²) in [5.74, 6) is -1.68. The van der Waals surface area contributed by atoms with Crippen LogP contribution in [-0.2, 0) is 51.3 Å². The predicted octanol–water partition coefficient (Wildman–Crippen LogP) is 2.96. The van der Waals surface area contributed by atoms with E-state index in [1.165, 1.54) is 12.1 Å². The van der Waals surface area contributed by atoms with Crippen LogP contribution >= 0.6 is 0 Å². The van der Waals surface area contributed by atoms with Gasteiger partial charge in [0.15, 0.2) is 0 Å². The van der Waals surface area contributed by atoms with Gasteiger partial charge >= 0.3 is 31.0 Å². The van der Waals surface area contributed by atoms with E-state index in [1.807, 2.05) is 27.7 Å². The molecule has 1 amide bonds. The van der Waals surface area contributed by atoms with Gasteiger partial charge in [-0.25, -0.2) is 9.59 Å². The van der Waals surface area contributed by atoms with E-state index >= 15 is 0 Å². The molecule has 234 valence electrons. The molecule has 0 heterocycles. The summed E-state index contributed by atoms with van der Waals surface area (Å²) in [6.45, 7) is 13.2. The van der Waals surface area contributed by atoms with Crippen LogP contribution in [0.5, 0.6) is 0 Å². The number of benzene rings is 1. The van der Waals surface area contributed by atoms with Crippen LogP contribution in [0.2, 0.25) is 6.04 Å². The van der Waals surface area contributed by atoms with Crippen molar-refractivity contribution >= 4 is 31.0 Å². The molecule has 0 spiro atoms.